The molecule has 0 spiro atoms. The summed E-state index contributed by atoms with van der Waals surface area (Å²) in [6, 6.07) is 1.43. The average molecular weight is 452 g/mol. The van der Waals surface area contributed by atoms with Crippen LogP contribution in [0, 0.1) is 0 Å². The molecule has 24 heavy (non-hydrogen) atoms. The van der Waals surface area contributed by atoms with E-state index in [1.807, 2.05) is 0 Å². The number of hydrogen-bond donors (Lipinski definition) is 2. The first-order valence-corrected chi connectivity index (χ1v) is 10.7. The van der Waals surface area contributed by atoms with Gasteiger partial charge < -0.3 is 0 Å². The minimum atomic E-state index is -4.53. The van der Waals surface area contributed by atoms with Crippen molar-refractivity contribution in [1.29, 1.82) is 0 Å². The molecule has 0 aliphatic heterocycles. The van der Waals surface area contributed by atoms with Crippen LogP contribution >= 0.6 is 46.4 Å². The molecule has 0 fully saturated rings. The van der Waals surface area contributed by atoms with Crippen LogP contribution in [-0.2, 0) is 20.0 Å². The molecule has 1 aromatic carbocycles. The molecule has 0 unspecified atom stereocenters. The SMILES string of the molecule is NS(=O)(=O)C1(S(N)(=O)=O)C=CC(c2cc(Cl)c(Cl)c(Cl)c2Cl)=CC1. The van der Waals surface area contributed by atoms with E-state index < -0.39 is 30.5 Å². The number of rotatable bonds is 3. The normalized spacial score (nSPS) is 17.7. The maximum atomic E-state index is 11.8. The van der Waals surface area contributed by atoms with Crippen LogP contribution in [0.3, 0.4) is 0 Å². The second-order valence-electron chi connectivity index (χ2n) is 4.95. The zero-order valence-corrected chi connectivity index (χ0v) is 16.3. The Labute approximate surface area is 159 Å². The predicted molar refractivity (Wildman–Crippen MR) is 97.2 cm³/mol. The maximum absolute atomic E-state index is 11.8. The fourth-order valence-corrected chi connectivity index (χ4v) is 5.52. The molecule has 132 valence electrons. The van der Waals surface area contributed by atoms with Crippen molar-refractivity contribution in [2.24, 2.45) is 10.3 Å². The number of hydrogen-bond acceptors (Lipinski definition) is 4. The topological polar surface area (TPSA) is 120 Å². The van der Waals surface area contributed by atoms with Gasteiger partial charge in [0, 0.05) is 12.0 Å². The molecular weight excluding hydrogens is 442 g/mol. The van der Waals surface area contributed by atoms with Gasteiger partial charge in [-0.15, -0.1) is 0 Å². The van der Waals surface area contributed by atoms with E-state index in [1.165, 1.54) is 18.2 Å². The Balaban J connectivity index is 2.60. The molecule has 4 N–H and O–H groups in total. The molecule has 0 bridgehead atoms. The quantitative estimate of drug-likeness (QED) is 0.541. The Morgan fingerprint density at radius 2 is 1.46 bits per heavy atom. The van der Waals surface area contributed by atoms with E-state index in [-0.39, 0.29) is 20.1 Å². The summed E-state index contributed by atoms with van der Waals surface area (Å²) in [5.41, 5.74) is 0.744. The number of sulfonamides is 2. The number of halogens is 4. The molecular formula is C12H10Cl4N2O4S2. The minimum Gasteiger partial charge on any atom is -0.227 e. The van der Waals surface area contributed by atoms with Gasteiger partial charge in [-0.05, 0) is 17.7 Å². The molecule has 1 aliphatic carbocycles. The van der Waals surface area contributed by atoms with Crippen molar-refractivity contribution in [3.8, 4) is 0 Å². The minimum absolute atomic E-state index is 0.0184. The van der Waals surface area contributed by atoms with Gasteiger partial charge in [0.1, 0.15) is 0 Å². The number of primary sulfonamides is 2. The Kier molecular flexibility index (Phi) is 5.37. The third-order valence-corrected chi connectivity index (χ3v) is 9.18. The van der Waals surface area contributed by atoms with E-state index >= 15 is 0 Å². The third kappa shape index (κ3) is 3.22. The fraction of sp³-hybridized carbons (Fsp3) is 0.167. The summed E-state index contributed by atoms with van der Waals surface area (Å²) in [5, 5.41) is 10.4. The first kappa shape index (κ1) is 20.0. The number of allylic oxidation sites excluding steroid dienone is 3. The second kappa shape index (κ2) is 6.44. The van der Waals surface area contributed by atoms with Gasteiger partial charge in [-0.25, -0.2) is 27.1 Å². The fourth-order valence-electron chi connectivity index (χ4n) is 2.17. The van der Waals surface area contributed by atoms with Crippen LogP contribution in [0.2, 0.25) is 20.1 Å². The van der Waals surface area contributed by atoms with Crippen LogP contribution in [0.1, 0.15) is 12.0 Å². The Morgan fingerprint density at radius 1 is 0.917 bits per heavy atom. The molecule has 0 atom stereocenters. The van der Waals surface area contributed by atoms with Crippen LogP contribution in [0.25, 0.3) is 5.57 Å². The maximum Gasteiger partial charge on any atom is 0.234 e. The lowest BCUT2D eigenvalue weighted by atomic mass is 9.99. The first-order valence-electron chi connectivity index (χ1n) is 6.09. The van der Waals surface area contributed by atoms with E-state index in [2.05, 4.69) is 0 Å². The lowest BCUT2D eigenvalue weighted by Crippen LogP contribution is -2.51. The summed E-state index contributed by atoms with van der Waals surface area (Å²) >= 11 is 23.9. The van der Waals surface area contributed by atoms with Crippen LogP contribution in [0.5, 0.6) is 0 Å². The molecule has 2 rings (SSSR count). The van der Waals surface area contributed by atoms with Crippen LogP contribution in [0.15, 0.2) is 24.3 Å². The molecule has 6 nitrogen and oxygen atoms in total. The lowest BCUT2D eigenvalue weighted by Gasteiger charge is -2.27. The van der Waals surface area contributed by atoms with Crippen molar-refractivity contribution in [2.45, 2.75) is 10.5 Å². The van der Waals surface area contributed by atoms with Gasteiger partial charge >= 0.3 is 0 Å². The highest BCUT2D eigenvalue weighted by atomic mass is 35.5. The molecule has 0 amide bonds. The highest BCUT2D eigenvalue weighted by Gasteiger charge is 2.50. The number of nitrogens with two attached hydrogens (primary N) is 2. The van der Waals surface area contributed by atoms with E-state index in [1.54, 1.807) is 0 Å². The molecule has 0 aromatic heterocycles. The van der Waals surface area contributed by atoms with E-state index in [0.717, 1.165) is 6.08 Å². The van der Waals surface area contributed by atoms with Crippen molar-refractivity contribution in [3.63, 3.8) is 0 Å². The van der Waals surface area contributed by atoms with Crippen molar-refractivity contribution in [1.82, 2.24) is 0 Å². The Bertz CT molecular complexity index is 953. The van der Waals surface area contributed by atoms with Gasteiger partial charge in [0.2, 0.25) is 24.1 Å². The van der Waals surface area contributed by atoms with Gasteiger partial charge in [0.15, 0.2) is 0 Å². The molecule has 0 radical (unpaired) electrons. The Hall–Kier alpha value is -0.320. The molecule has 1 aromatic rings. The summed E-state index contributed by atoms with van der Waals surface area (Å²) in [6.45, 7) is 0. The standard InChI is InChI=1S/C12H10Cl4N2O4S2/c13-8-5-7(9(14)11(16)10(8)15)6-1-3-12(4-2-6,23(17,19)20)24(18,21)22/h1-3,5H,4H2,(H2,17,19,20)(H2,18,21,22). The zero-order valence-electron chi connectivity index (χ0n) is 11.6. The van der Waals surface area contributed by atoms with E-state index in [4.69, 9.17) is 56.7 Å². The summed E-state index contributed by atoms with van der Waals surface area (Å²) in [6.07, 6.45) is 2.95. The van der Waals surface area contributed by atoms with E-state index in [9.17, 15) is 16.8 Å². The number of benzene rings is 1. The summed E-state index contributed by atoms with van der Waals surface area (Å²) in [5.74, 6) is 0. The van der Waals surface area contributed by atoms with E-state index in [0.29, 0.717) is 11.1 Å². The highest BCUT2D eigenvalue weighted by Crippen LogP contribution is 2.43. The highest BCUT2D eigenvalue weighted by molar-refractivity contribution is 8.08. The second-order valence-corrected chi connectivity index (χ2v) is 10.4. The van der Waals surface area contributed by atoms with Gasteiger partial charge in [-0.2, -0.15) is 0 Å². The Morgan fingerprint density at radius 3 is 1.88 bits per heavy atom. The van der Waals surface area contributed by atoms with Gasteiger partial charge in [-0.3, -0.25) is 0 Å². The largest absolute Gasteiger partial charge is 0.234 e. The summed E-state index contributed by atoms with van der Waals surface area (Å²) < 4.78 is 44.6. The van der Waals surface area contributed by atoms with Gasteiger partial charge in [0.05, 0.1) is 20.1 Å². The lowest BCUT2D eigenvalue weighted by molar-refractivity contribution is 0.559. The van der Waals surface area contributed by atoms with Crippen molar-refractivity contribution >= 4 is 72.0 Å². The molecule has 0 saturated carbocycles. The third-order valence-electron chi connectivity index (χ3n) is 3.50. The molecule has 12 heteroatoms. The smallest absolute Gasteiger partial charge is 0.227 e. The predicted octanol–water partition coefficient (Wildman–Crippen LogP) is 2.92. The molecule has 0 saturated heterocycles. The van der Waals surface area contributed by atoms with Gasteiger partial charge in [0.25, 0.3) is 0 Å². The van der Waals surface area contributed by atoms with Crippen LogP contribution < -0.4 is 10.3 Å². The average Bonchev–Trinajstić information content (AvgIpc) is 2.46. The summed E-state index contributed by atoms with van der Waals surface area (Å²) in [4.78, 5) is 0. The van der Waals surface area contributed by atoms with Crippen molar-refractivity contribution in [3.05, 3.63) is 49.9 Å². The molecule has 1 aliphatic rings. The zero-order chi connectivity index (χ0) is 18.5. The van der Waals surface area contributed by atoms with Crippen LogP contribution in [-0.4, -0.2) is 20.9 Å². The van der Waals surface area contributed by atoms with Crippen LogP contribution in [0.4, 0.5) is 0 Å². The monoisotopic (exact) mass is 450 g/mol. The van der Waals surface area contributed by atoms with Gasteiger partial charge in [-0.1, -0.05) is 58.6 Å². The first-order chi connectivity index (χ1) is 10.8. The molecule has 0 heterocycles. The van der Waals surface area contributed by atoms with Crippen molar-refractivity contribution in [2.75, 3.05) is 0 Å². The van der Waals surface area contributed by atoms with Crippen molar-refractivity contribution < 1.29 is 16.8 Å². The summed E-state index contributed by atoms with van der Waals surface area (Å²) in [7, 11) is -9.07.